The Balaban J connectivity index is 1.57. The van der Waals surface area contributed by atoms with Gasteiger partial charge in [0.25, 0.3) is 0 Å². The van der Waals surface area contributed by atoms with E-state index in [2.05, 4.69) is 10.3 Å². The Morgan fingerprint density at radius 2 is 2.03 bits per heavy atom. The number of amides is 1. The lowest BCUT2D eigenvalue weighted by molar-refractivity contribution is -0.134. The molecule has 1 N–H and O–H groups in total. The topological polar surface area (TPSA) is 88.2 Å². The van der Waals surface area contributed by atoms with Gasteiger partial charge in [0.1, 0.15) is 11.7 Å². The van der Waals surface area contributed by atoms with E-state index in [1.54, 1.807) is 4.90 Å². The van der Waals surface area contributed by atoms with Gasteiger partial charge in [-0.25, -0.2) is 0 Å². The van der Waals surface area contributed by atoms with Gasteiger partial charge in [-0.2, -0.15) is 0 Å². The molecular formula is C23H29N3O4. The maximum atomic E-state index is 13.6. The molecule has 7 heteroatoms. The summed E-state index contributed by atoms with van der Waals surface area (Å²) in [6, 6.07) is 11.5. The molecule has 0 radical (unpaired) electrons. The molecule has 1 aromatic heterocycles. The van der Waals surface area contributed by atoms with E-state index in [1.165, 1.54) is 0 Å². The number of carbonyl (C=O) groups is 1. The normalized spacial score (nSPS) is 27.3. The van der Waals surface area contributed by atoms with Crippen LogP contribution in [0.4, 0.5) is 0 Å². The first kappa shape index (κ1) is 20.6. The Hall–Kier alpha value is -2.67. The predicted octanol–water partition coefficient (Wildman–Crippen LogP) is 3.38. The first-order valence-electron chi connectivity index (χ1n) is 10.5. The number of benzene rings is 1. The van der Waals surface area contributed by atoms with Crippen LogP contribution in [0, 0.1) is 12.8 Å². The first-order valence-corrected chi connectivity index (χ1v) is 10.5. The van der Waals surface area contributed by atoms with Crippen molar-refractivity contribution < 1.29 is 19.3 Å². The third-order valence-electron chi connectivity index (χ3n) is 6.10. The maximum Gasteiger partial charge on any atom is 0.234 e. The van der Waals surface area contributed by atoms with E-state index < -0.39 is 17.6 Å². The lowest BCUT2D eigenvalue weighted by Gasteiger charge is -2.29. The van der Waals surface area contributed by atoms with Crippen molar-refractivity contribution in [3.8, 4) is 0 Å². The van der Waals surface area contributed by atoms with Crippen molar-refractivity contribution in [3.05, 3.63) is 53.4 Å². The molecular weight excluding hydrogens is 382 g/mol. The molecule has 3 heterocycles. The van der Waals surface area contributed by atoms with E-state index in [9.17, 15) is 9.90 Å². The highest BCUT2D eigenvalue weighted by atomic mass is 16.7. The second-order valence-corrected chi connectivity index (χ2v) is 8.94. The summed E-state index contributed by atoms with van der Waals surface area (Å²) in [7, 11) is 0. The van der Waals surface area contributed by atoms with Crippen LogP contribution in [0.5, 0.6) is 0 Å². The lowest BCUT2D eigenvalue weighted by Crippen LogP contribution is -2.44. The molecule has 0 bridgehead atoms. The second-order valence-electron chi connectivity index (χ2n) is 8.94. The summed E-state index contributed by atoms with van der Waals surface area (Å²) in [6.45, 7) is 8.10. The van der Waals surface area contributed by atoms with E-state index >= 15 is 0 Å². The minimum absolute atomic E-state index is 0.0274. The van der Waals surface area contributed by atoms with Crippen LogP contribution in [-0.4, -0.2) is 45.5 Å². The smallest absolute Gasteiger partial charge is 0.234 e. The Kier molecular flexibility index (Phi) is 5.40. The zero-order chi connectivity index (χ0) is 21.5. The van der Waals surface area contributed by atoms with E-state index in [-0.39, 0.29) is 24.4 Å². The Morgan fingerprint density at radius 1 is 1.30 bits per heavy atom. The van der Waals surface area contributed by atoms with Crippen molar-refractivity contribution >= 4 is 11.6 Å². The van der Waals surface area contributed by atoms with Crippen molar-refractivity contribution in [1.82, 2.24) is 10.1 Å². The van der Waals surface area contributed by atoms with Crippen LogP contribution in [0.1, 0.15) is 56.5 Å². The number of aromatic nitrogens is 1. The summed E-state index contributed by atoms with van der Waals surface area (Å²) in [5.41, 5.74) is 2.01. The highest BCUT2D eigenvalue weighted by molar-refractivity contribution is 5.96. The molecule has 1 aromatic carbocycles. The number of hydrogen-bond donors (Lipinski definition) is 1. The van der Waals surface area contributed by atoms with Gasteiger partial charge >= 0.3 is 0 Å². The first-order chi connectivity index (χ1) is 14.3. The molecule has 1 saturated heterocycles. The van der Waals surface area contributed by atoms with Gasteiger partial charge in [0, 0.05) is 25.5 Å². The van der Waals surface area contributed by atoms with Crippen LogP contribution >= 0.6 is 0 Å². The summed E-state index contributed by atoms with van der Waals surface area (Å²) in [5, 5.41) is 18.7. The van der Waals surface area contributed by atoms with Crippen molar-refractivity contribution in [2.75, 3.05) is 6.54 Å². The van der Waals surface area contributed by atoms with Gasteiger partial charge in [-0.1, -0.05) is 54.5 Å². The number of carbonyl (C=O) groups excluding carboxylic acids is 1. The fourth-order valence-electron chi connectivity index (χ4n) is 4.51. The number of β-amino-alcohol motifs (C(OH)–C–C–N with tert-alkyl or cyclic N) is 1. The van der Waals surface area contributed by atoms with Gasteiger partial charge in [-0.15, -0.1) is 0 Å². The van der Waals surface area contributed by atoms with E-state index in [0.717, 1.165) is 17.0 Å². The van der Waals surface area contributed by atoms with Gasteiger partial charge in [0.05, 0.1) is 23.6 Å². The van der Waals surface area contributed by atoms with Crippen LogP contribution in [0.3, 0.4) is 0 Å². The number of hydrogen-bond acceptors (Lipinski definition) is 6. The number of aliphatic hydroxyl groups excluding tert-OH is 1. The molecule has 0 aliphatic carbocycles. The minimum Gasteiger partial charge on any atom is -0.391 e. The average Bonchev–Trinajstić information content (AvgIpc) is 3.41. The number of aryl methyl sites for hydroxylation is 1. The largest absolute Gasteiger partial charge is 0.391 e. The summed E-state index contributed by atoms with van der Waals surface area (Å²) in [4.78, 5) is 21.2. The zero-order valence-corrected chi connectivity index (χ0v) is 17.9. The summed E-state index contributed by atoms with van der Waals surface area (Å²) in [6.07, 6.45) is 0.444. The minimum atomic E-state index is -0.588. The van der Waals surface area contributed by atoms with E-state index in [0.29, 0.717) is 18.6 Å². The molecule has 1 fully saturated rings. The van der Waals surface area contributed by atoms with Crippen LogP contribution in [0.2, 0.25) is 0 Å². The van der Waals surface area contributed by atoms with Crippen molar-refractivity contribution in [2.24, 2.45) is 11.1 Å². The van der Waals surface area contributed by atoms with Gasteiger partial charge in [-0.3, -0.25) is 4.79 Å². The molecule has 4 rings (SSSR count). The standard InChI is InChI=1S/C23H29N3O4/c1-14(2)21(20-10-15(3)24-29-20)22(28)26-13-17(27)11-19(26)18-12-23(4,30-25-18)16-8-6-5-7-9-16/h5-10,14,17,19,21,27H,11-13H2,1-4H3/t17-,19+,21-,23?/m1/s1. The van der Waals surface area contributed by atoms with E-state index in [4.69, 9.17) is 9.36 Å². The number of oxime groups is 1. The SMILES string of the molecule is Cc1cc([C@H](C(=O)N2C[C@H](O)C[C@H]2C2=NOC(C)(c3ccccc3)C2)C(C)C)on1. The fourth-order valence-corrected chi connectivity index (χ4v) is 4.51. The molecule has 30 heavy (non-hydrogen) atoms. The number of aliphatic hydroxyl groups is 1. The summed E-state index contributed by atoms with van der Waals surface area (Å²) < 4.78 is 5.43. The molecule has 160 valence electrons. The Morgan fingerprint density at radius 3 is 2.67 bits per heavy atom. The molecule has 1 amide bonds. The Bertz CT molecular complexity index is 939. The predicted molar refractivity (Wildman–Crippen MR) is 112 cm³/mol. The quantitative estimate of drug-likeness (QED) is 0.815. The van der Waals surface area contributed by atoms with Gasteiger partial charge < -0.3 is 19.4 Å². The summed E-state index contributed by atoms with van der Waals surface area (Å²) >= 11 is 0. The fraction of sp³-hybridized carbons (Fsp3) is 0.522. The molecule has 2 aliphatic rings. The third kappa shape index (κ3) is 3.74. The van der Waals surface area contributed by atoms with Gasteiger partial charge in [0.15, 0.2) is 5.60 Å². The zero-order valence-electron chi connectivity index (χ0n) is 17.9. The second kappa shape index (κ2) is 7.87. The highest BCUT2D eigenvalue weighted by Crippen LogP contribution is 2.38. The molecule has 1 unspecified atom stereocenters. The van der Waals surface area contributed by atoms with Crippen LogP contribution in [0.25, 0.3) is 0 Å². The summed E-state index contributed by atoms with van der Waals surface area (Å²) in [5.74, 6) is 0.0621. The number of nitrogens with zero attached hydrogens (tertiary/aromatic N) is 3. The molecule has 0 spiro atoms. The lowest BCUT2D eigenvalue weighted by atomic mass is 9.87. The molecule has 2 aliphatic heterocycles. The number of likely N-dealkylation sites (tertiary alicyclic amines) is 1. The van der Waals surface area contributed by atoms with Crippen molar-refractivity contribution in [1.29, 1.82) is 0 Å². The third-order valence-corrected chi connectivity index (χ3v) is 6.10. The monoisotopic (exact) mass is 411 g/mol. The van der Waals surface area contributed by atoms with Crippen LogP contribution in [-0.2, 0) is 15.2 Å². The van der Waals surface area contributed by atoms with Gasteiger partial charge in [0.2, 0.25) is 5.91 Å². The maximum absolute atomic E-state index is 13.6. The molecule has 0 saturated carbocycles. The highest BCUT2D eigenvalue weighted by Gasteiger charge is 2.46. The van der Waals surface area contributed by atoms with E-state index in [1.807, 2.05) is 64.1 Å². The Labute approximate surface area is 176 Å². The van der Waals surface area contributed by atoms with Crippen molar-refractivity contribution in [3.63, 3.8) is 0 Å². The van der Waals surface area contributed by atoms with Crippen molar-refractivity contribution in [2.45, 2.75) is 64.2 Å². The van der Waals surface area contributed by atoms with Crippen LogP contribution in [0.15, 0.2) is 46.1 Å². The van der Waals surface area contributed by atoms with Crippen LogP contribution < -0.4 is 0 Å². The molecule has 2 aromatic rings. The molecule has 4 atom stereocenters. The molecule has 7 nitrogen and oxygen atoms in total. The number of rotatable bonds is 5. The van der Waals surface area contributed by atoms with Gasteiger partial charge in [-0.05, 0) is 25.3 Å². The average molecular weight is 412 g/mol.